The molecule has 0 fully saturated rings. The smallest absolute Gasteiger partial charge is 0.118 e. The maximum absolute atomic E-state index is 10.2. The Labute approximate surface area is 133 Å². The standard InChI is InChI=1S/C17H18N2O2S/c1-21-14-4-2-13(3-5-14)16(20)11-18-9-12-8-17-15(19-10-12)6-7-22-17/h2-8,10,16,18,20H,9,11H2,1H3. The molecule has 0 saturated carbocycles. The van der Waals surface area contributed by atoms with Gasteiger partial charge in [-0.1, -0.05) is 12.1 Å². The number of methoxy groups -OCH3 is 1. The third-order valence-electron chi connectivity index (χ3n) is 3.53. The molecule has 1 atom stereocenters. The van der Waals surface area contributed by atoms with Crippen LogP contribution < -0.4 is 10.1 Å². The fourth-order valence-corrected chi connectivity index (χ4v) is 3.09. The van der Waals surface area contributed by atoms with Gasteiger partial charge in [0.05, 0.1) is 23.4 Å². The number of hydrogen-bond donors (Lipinski definition) is 2. The second-order valence-electron chi connectivity index (χ2n) is 5.07. The minimum Gasteiger partial charge on any atom is -0.497 e. The van der Waals surface area contributed by atoms with Crippen molar-refractivity contribution in [2.24, 2.45) is 0 Å². The van der Waals surface area contributed by atoms with E-state index in [0.717, 1.165) is 22.4 Å². The highest BCUT2D eigenvalue weighted by Gasteiger charge is 2.07. The van der Waals surface area contributed by atoms with Crippen molar-refractivity contribution in [2.45, 2.75) is 12.6 Å². The van der Waals surface area contributed by atoms with Crippen molar-refractivity contribution < 1.29 is 9.84 Å². The first-order valence-electron chi connectivity index (χ1n) is 7.11. The predicted molar refractivity (Wildman–Crippen MR) is 89.3 cm³/mol. The lowest BCUT2D eigenvalue weighted by Crippen LogP contribution is -2.21. The van der Waals surface area contributed by atoms with E-state index in [1.807, 2.05) is 41.9 Å². The van der Waals surface area contributed by atoms with Crippen molar-refractivity contribution in [3.8, 4) is 5.75 Å². The highest BCUT2D eigenvalue weighted by Crippen LogP contribution is 2.20. The third kappa shape index (κ3) is 3.44. The molecule has 0 amide bonds. The fraction of sp³-hybridized carbons (Fsp3) is 0.235. The molecule has 0 radical (unpaired) electrons. The van der Waals surface area contributed by atoms with Crippen molar-refractivity contribution in [3.05, 3.63) is 59.1 Å². The zero-order valence-corrected chi connectivity index (χ0v) is 13.1. The molecule has 0 aliphatic carbocycles. The summed E-state index contributed by atoms with van der Waals surface area (Å²) >= 11 is 1.69. The first kappa shape index (κ1) is 15.0. The van der Waals surface area contributed by atoms with Crippen molar-refractivity contribution in [3.63, 3.8) is 0 Å². The van der Waals surface area contributed by atoms with Gasteiger partial charge in [0.1, 0.15) is 5.75 Å². The Morgan fingerprint density at radius 3 is 2.86 bits per heavy atom. The summed E-state index contributed by atoms with van der Waals surface area (Å²) < 4.78 is 6.30. The molecule has 22 heavy (non-hydrogen) atoms. The number of hydrogen-bond acceptors (Lipinski definition) is 5. The van der Waals surface area contributed by atoms with Crippen LogP contribution in [0.1, 0.15) is 17.2 Å². The number of thiophene rings is 1. The molecule has 2 N–H and O–H groups in total. The minimum absolute atomic E-state index is 0.495. The minimum atomic E-state index is -0.538. The van der Waals surface area contributed by atoms with Crippen molar-refractivity contribution in [2.75, 3.05) is 13.7 Å². The monoisotopic (exact) mass is 314 g/mol. The largest absolute Gasteiger partial charge is 0.497 e. The van der Waals surface area contributed by atoms with E-state index in [4.69, 9.17) is 4.74 Å². The molecule has 0 aliphatic heterocycles. The van der Waals surface area contributed by atoms with Crippen molar-refractivity contribution in [1.82, 2.24) is 10.3 Å². The molecule has 0 spiro atoms. The molecule has 3 aromatic rings. The molecular formula is C17H18N2O2S. The SMILES string of the molecule is COc1ccc(C(O)CNCc2cnc3ccsc3c2)cc1. The first-order chi connectivity index (χ1) is 10.8. The highest BCUT2D eigenvalue weighted by molar-refractivity contribution is 7.17. The van der Waals surface area contributed by atoms with Gasteiger partial charge in [0, 0.05) is 19.3 Å². The molecule has 2 heterocycles. The third-order valence-corrected chi connectivity index (χ3v) is 4.38. The van der Waals surface area contributed by atoms with E-state index >= 15 is 0 Å². The van der Waals surface area contributed by atoms with E-state index in [9.17, 15) is 5.11 Å². The molecule has 1 unspecified atom stereocenters. The predicted octanol–water partition coefficient (Wildman–Crippen LogP) is 3.13. The number of fused-ring (bicyclic) bond motifs is 1. The summed E-state index contributed by atoms with van der Waals surface area (Å²) in [7, 11) is 1.63. The number of rotatable bonds is 6. The average Bonchev–Trinajstić information content (AvgIpc) is 3.02. The zero-order valence-electron chi connectivity index (χ0n) is 12.3. The van der Waals surface area contributed by atoms with E-state index in [-0.39, 0.29) is 0 Å². The Bertz CT molecular complexity index is 740. The summed E-state index contributed by atoms with van der Waals surface area (Å²) in [5.74, 6) is 0.791. The molecule has 1 aromatic carbocycles. The number of pyridine rings is 1. The van der Waals surface area contributed by atoms with Gasteiger partial charge in [-0.05, 0) is 40.8 Å². The molecule has 4 nitrogen and oxygen atoms in total. The van der Waals surface area contributed by atoms with Gasteiger partial charge < -0.3 is 15.2 Å². The number of nitrogens with zero attached hydrogens (tertiary/aromatic N) is 1. The van der Waals surface area contributed by atoms with Gasteiger partial charge >= 0.3 is 0 Å². The lowest BCUT2D eigenvalue weighted by atomic mass is 10.1. The summed E-state index contributed by atoms with van der Waals surface area (Å²) in [5.41, 5.74) is 3.03. The Kier molecular flexibility index (Phi) is 4.68. The van der Waals surface area contributed by atoms with E-state index in [1.165, 1.54) is 4.70 Å². The fourth-order valence-electron chi connectivity index (χ4n) is 2.28. The normalized spacial score (nSPS) is 12.5. The lowest BCUT2D eigenvalue weighted by molar-refractivity contribution is 0.174. The van der Waals surface area contributed by atoms with Crippen LogP contribution in [-0.2, 0) is 6.54 Å². The van der Waals surface area contributed by atoms with Crippen LogP contribution in [0.5, 0.6) is 5.75 Å². The molecule has 0 saturated heterocycles. The Morgan fingerprint density at radius 1 is 1.27 bits per heavy atom. The maximum atomic E-state index is 10.2. The second-order valence-corrected chi connectivity index (χ2v) is 6.02. The summed E-state index contributed by atoms with van der Waals surface area (Å²) in [6.07, 6.45) is 1.34. The van der Waals surface area contributed by atoms with Gasteiger partial charge in [-0.2, -0.15) is 0 Å². The first-order valence-corrected chi connectivity index (χ1v) is 7.99. The van der Waals surface area contributed by atoms with Gasteiger partial charge in [0.15, 0.2) is 0 Å². The number of aliphatic hydroxyl groups is 1. The molecular weight excluding hydrogens is 296 g/mol. The van der Waals surface area contributed by atoms with Crippen LogP contribution >= 0.6 is 11.3 Å². The summed E-state index contributed by atoms with van der Waals surface area (Å²) in [6.45, 7) is 1.18. The number of ether oxygens (including phenoxy) is 1. The van der Waals surface area contributed by atoms with Gasteiger partial charge in [-0.25, -0.2) is 0 Å². The number of aromatic nitrogens is 1. The Balaban J connectivity index is 1.55. The molecule has 0 bridgehead atoms. The highest BCUT2D eigenvalue weighted by atomic mass is 32.1. The van der Waals surface area contributed by atoms with E-state index < -0.39 is 6.10 Å². The van der Waals surface area contributed by atoms with Crippen LogP contribution in [0, 0.1) is 0 Å². The van der Waals surface area contributed by atoms with Crippen LogP contribution in [0.2, 0.25) is 0 Å². The van der Waals surface area contributed by atoms with E-state index in [0.29, 0.717) is 13.1 Å². The Morgan fingerprint density at radius 2 is 2.09 bits per heavy atom. The van der Waals surface area contributed by atoms with Crippen molar-refractivity contribution in [1.29, 1.82) is 0 Å². The topological polar surface area (TPSA) is 54.4 Å². The molecule has 3 rings (SSSR count). The van der Waals surface area contributed by atoms with Crippen LogP contribution in [0.25, 0.3) is 10.2 Å². The second kappa shape index (κ2) is 6.87. The molecule has 5 heteroatoms. The lowest BCUT2D eigenvalue weighted by Gasteiger charge is -2.12. The summed E-state index contributed by atoms with van der Waals surface area (Å²) in [6, 6.07) is 11.6. The van der Waals surface area contributed by atoms with Gasteiger partial charge in [0.25, 0.3) is 0 Å². The van der Waals surface area contributed by atoms with Crippen LogP contribution in [0.15, 0.2) is 48.0 Å². The maximum Gasteiger partial charge on any atom is 0.118 e. The molecule has 114 valence electrons. The quantitative estimate of drug-likeness (QED) is 0.734. The molecule has 0 aliphatic rings. The van der Waals surface area contributed by atoms with Gasteiger partial charge in [-0.15, -0.1) is 11.3 Å². The summed E-state index contributed by atoms with van der Waals surface area (Å²) in [5, 5.41) is 15.5. The number of nitrogens with one attached hydrogen (secondary N) is 1. The zero-order chi connectivity index (χ0) is 15.4. The van der Waals surface area contributed by atoms with Crippen LogP contribution in [-0.4, -0.2) is 23.7 Å². The number of aliphatic hydroxyl groups excluding tert-OH is 1. The number of benzene rings is 1. The van der Waals surface area contributed by atoms with Crippen LogP contribution in [0.3, 0.4) is 0 Å². The van der Waals surface area contributed by atoms with E-state index in [2.05, 4.69) is 16.4 Å². The van der Waals surface area contributed by atoms with Gasteiger partial charge in [0.2, 0.25) is 0 Å². The average molecular weight is 314 g/mol. The van der Waals surface area contributed by atoms with Crippen molar-refractivity contribution >= 4 is 21.6 Å². The molecule has 2 aromatic heterocycles. The Hall–Kier alpha value is -1.95. The van der Waals surface area contributed by atoms with Gasteiger partial charge in [-0.3, -0.25) is 4.98 Å². The summed E-state index contributed by atoms with van der Waals surface area (Å²) in [4.78, 5) is 4.41. The van der Waals surface area contributed by atoms with E-state index in [1.54, 1.807) is 18.4 Å². The van der Waals surface area contributed by atoms with Crippen LogP contribution in [0.4, 0.5) is 0 Å².